The molecule has 0 aliphatic rings. The summed E-state index contributed by atoms with van der Waals surface area (Å²) in [5.41, 5.74) is 2.59. The number of aryl methyl sites for hydroxylation is 1. The van der Waals surface area contributed by atoms with E-state index in [1.54, 1.807) is 12.1 Å². The molecule has 2 aromatic rings. The molecule has 2 rings (SSSR count). The summed E-state index contributed by atoms with van der Waals surface area (Å²) >= 11 is 11.9. The minimum atomic E-state index is -0.258. The van der Waals surface area contributed by atoms with E-state index in [9.17, 15) is 9.59 Å². The summed E-state index contributed by atoms with van der Waals surface area (Å²) in [5, 5.41) is 7.22. The molecule has 0 heterocycles. The van der Waals surface area contributed by atoms with Crippen LogP contribution in [-0.4, -0.2) is 36.3 Å². The molecule has 7 heteroatoms. The van der Waals surface area contributed by atoms with Crippen molar-refractivity contribution in [2.24, 2.45) is 0 Å². The van der Waals surface area contributed by atoms with Gasteiger partial charge in [-0.15, -0.1) is 0 Å². The number of nitrogens with zero attached hydrogens (tertiary/aromatic N) is 1. The minimum absolute atomic E-state index is 0.0112. The number of benzene rings is 2. The van der Waals surface area contributed by atoms with E-state index in [-0.39, 0.29) is 30.9 Å². The standard InChI is InChI=1S/C21H25Cl2N3O2/c1-4-26(13-20(27)25-19-11-18(23)8-5-14(19)2)21(28)12-24-15(3)16-6-9-17(22)10-7-16/h5-11,15,24H,4,12-13H2,1-3H3,(H,25,27)/t15-/m1/s1. The maximum absolute atomic E-state index is 12.5. The summed E-state index contributed by atoms with van der Waals surface area (Å²) in [6.07, 6.45) is 0. The summed E-state index contributed by atoms with van der Waals surface area (Å²) < 4.78 is 0. The third-order valence-electron chi connectivity index (χ3n) is 4.47. The van der Waals surface area contributed by atoms with E-state index in [0.717, 1.165) is 11.1 Å². The molecular formula is C21H25Cl2N3O2. The van der Waals surface area contributed by atoms with Crippen LogP contribution in [0.2, 0.25) is 10.0 Å². The molecule has 28 heavy (non-hydrogen) atoms. The zero-order chi connectivity index (χ0) is 20.7. The van der Waals surface area contributed by atoms with E-state index in [1.807, 2.05) is 51.1 Å². The van der Waals surface area contributed by atoms with Crippen LogP contribution in [0.25, 0.3) is 0 Å². The number of carbonyl (C=O) groups is 2. The van der Waals surface area contributed by atoms with Gasteiger partial charge in [0.1, 0.15) is 0 Å². The summed E-state index contributed by atoms with van der Waals surface area (Å²) in [5.74, 6) is -0.396. The lowest BCUT2D eigenvalue weighted by molar-refractivity contribution is -0.133. The molecule has 2 aromatic carbocycles. The monoisotopic (exact) mass is 421 g/mol. The van der Waals surface area contributed by atoms with Crippen LogP contribution in [0.3, 0.4) is 0 Å². The number of carbonyl (C=O) groups excluding carboxylic acids is 2. The van der Waals surface area contributed by atoms with Gasteiger partial charge in [0, 0.05) is 28.3 Å². The third kappa shape index (κ3) is 6.51. The Balaban J connectivity index is 1.89. The molecule has 0 aliphatic carbocycles. The van der Waals surface area contributed by atoms with Gasteiger partial charge in [0.05, 0.1) is 13.1 Å². The van der Waals surface area contributed by atoms with Crippen molar-refractivity contribution in [3.8, 4) is 0 Å². The zero-order valence-corrected chi connectivity index (χ0v) is 17.8. The molecule has 0 fully saturated rings. The molecule has 5 nitrogen and oxygen atoms in total. The molecule has 150 valence electrons. The zero-order valence-electron chi connectivity index (χ0n) is 16.3. The van der Waals surface area contributed by atoms with Crippen molar-refractivity contribution in [2.45, 2.75) is 26.8 Å². The van der Waals surface area contributed by atoms with Gasteiger partial charge in [-0.25, -0.2) is 0 Å². The number of hydrogen-bond donors (Lipinski definition) is 2. The fraction of sp³-hybridized carbons (Fsp3) is 0.333. The van der Waals surface area contributed by atoms with Gasteiger partial charge in [0.2, 0.25) is 11.8 Å². The Labute approximate surface area is 176 Å². The molecule has 0 bridgehead atoms. The van der Waals surface area contributed by atoms with Crippen LogP contribution < -0.4 is 10.6 Å². The molecule has 2 N–H and O–H groups in total. The number of likely N-dealkylation sites (N-methyl/N-ethyl adjacent to an activating group) is 1. The van der Waals surface area contributed by atoms with Gasteiger partial charge in [0.25, 0.3) is 0 Å². The van der Waals surface area contributed by atoms with Gasteiger partial charge < -0.3 is 15.5 Å². The summed E-state index contributed by atoms with van der Waals surface area (Å²) in [6.45, 7) is 6.27. The van der Waals surface area contributed by atoms with E-state index in [1.165, 1.54) is 4.90 Å². The van der Waals surface area contributed by atoms with Crippen molar-refractivity contribution < 1.29 is 9.59 Å². The van der Waals surface area contributed by atoms with E-state index >= 15 is 0 Å². The lowest BCUT2D eigenvalue weighted by atomic mass is 10.1. The van der Waals surface area contributed by atoms with Crippen LogP contribution in [0.15, 0.2) is 42.5 Å². The molecule has 0 unspecified atom stereocenters. The van der Waals surface area contributed by atoms with Gasteiger partial charge >= 0.3 is 0 Å². The van der Waals surface area contributed by atoms with E-state index in [4.69, 9.17) is 23.2 Å². The first kappa shape index (κ1) is 22.2. The van der Waals surface area contributed by atoms with E-state index < -0.39 is 0 Å². The Hall–Kier alpha value is -2.08. The third-order valence-corrected chi connectivity index (χ3v) is 4.96. The van der Waals surface area contributed by atoms with Gasteiger partial charge in [-0.3, -0.25) is 9.59 Å². The van der Waals surface area contributed by atoms with Crippen molar-refractivity contribution in [1.29, 1.82) is 0 Å². The topological polar surface area (TPSA) is 61.4 Å². The highest BCUT2D eigenvalue weighted by Gasteiger charge is 2.17. The maximum atomic E-state index is 12.5. The average Bonchev–Trinajstić information content (AvgIpc) is 2.67. The number of hydrogen-bond acceptors (Lipinski definition) is 3. The normalized spacial score (nSPS) is 11.8. The molecular weight excluding hydrogens is 397 g/mol. The molecule has 0 radical (unpaired) electrons. The van der Waals surface area contributed by atoms with Gasteiger partial charge in [0.15, 0.2) is 0 Å². The Kier molecular flexibility index (Phi) is 8.30. The quantitative estimate of drug-likeness (QED) is 0.661. The summed E-state index contributed by atoms with van der Waals surface area (Å²) in [4.78, 5) is 26.4. The Bertz CT molecular complexity index is 825. The maximum Gasteiger partial charge on any atom is 0.244 e. The first-order valence-corrected chi connectivity index (χ1v) is 9.88. The minimum Gasteiger partial charge on any atom is -0.333 e. The molecule has 0 saturated heterocycles. The SMILES string of the molecule is CCN(CC(=O)Nc1cc(Cl)ccc1C)C(=O)CN[C@H](C)c1ccc(Cl)cc1. The van der Waals surface area contributed by atoms with Gasteiger partial charge in [-0.05, 0) is 56.2 Å². The second kappa shape index (κ2) is 10.5. The fourth-order valence-corrected chi connectivity index (χ4v) is 2.99. The highest BCUT2D eigenvalue weighted by Crippen LogP contribution is 2.20. The van der Waals surface area contributed by atoms with Crippen LogP contribution in [0.1, 0.15) is 31.0 Å². The number of amides is 2. The van der Waals surface area contributed by atoms with Crippen LogP contribution in [-0.2, 0) is 9.59 Å². The predicted molar refractivity (Wildman–Crippen MR) is 115 cm³/mol. The predicted octanol–water partition coefficient (Wildman–Crippen LogP) is 4.44. The molecule has 1 atom stereocenters. The van der Waals surface area contributed by atoms with Crippen LogP contribution in [0.4, 0.5) is 5.69 Å². The molecule has 0 spiro atoms. The van der Waals surface area contributed by atoms with E-state index in [0.29, 0.717) is 22.3 Å². The Morgan fingerprint density at radius 1 is 1.07 bits per heavy atom. The Morgan fingerprint density at radius 2 is 1.71 bits per heavy atom. The van der Waals surface area contributed by atoms with Crippen LogP contribution >= 0.6 is 23.2 Å². The highest BCUT2D eigenvalue weighted by atomic mass is 35.5. The van der Waals surface area contributed by atoms with Crippen LogP contribution in [0.5, 0.6) is 0 Å². The van der Waals surface area contributed by atoms with Crippen molar-refractivity contribution in [3.05, 3.63) is 63.6 Å². The lowest BCUT2D eigenvalue weighted by Gasteiger charge is -2.22. The number of rotatable bonds is 8. The van der Waals surface area contributed by atoms with Crippen molar-refractivity contribution >= 4 is 40.7 Å². The van der Waals surface area contributed by atoms with Crippen molar-refractivity contribution in [2.75, 3.05) is 25.0 Å². The lowest BCUT2D eigenvalue weighted by Crippen LogP contribution is -2.42. The molecule has 0 aromatic heterocycles. The second-order valence-corrected chi connectivity index (χ2v) is 7.44. The number of halogens is 2. The first-order chi connectivity index (χ1) is 13.3. The second-order valence-electron chi connectivity index (χ2n) is 6.57. The number of anilines is 1. The van der Waals surface area contributed by atoms with Crippen LogP contribution in [0, 0.1) is 6.92 Å². The fourth-order valence-electron chi connectivity index (χ4n) is 2.69. The number of nitrogens with one attached hydrogen (secondary N) is 2. The molecule has 0 aliphatic heterocycles. The van der Waals surface area contributed by atoms with Crippen molar-refractivity contribution in [3.63, 3.8) is 0 Å². The molecule has 2 amide bonds. The van der Waals surface area contributed by atoms with E-state index in [2.05, 4.69) is 10.6 Å². The van der Waals surface area contributed by atoms with Crippen molar-refractivity contribution in [1.82, 2.24) is 10.2 Å². The average molecular weight is 422 g/mol. The smallest absolute Gasteiger partial charge is 0.244 e. The summed E-state index contributed by atoms with van der Waals surface area (Å²) in [7, 11) is 0. The Morgan fingerprint density at radius 3 is 2.36 bits per heavy atom. The summed E-state index contributed by atoms with van der Waals surface area (Å²) in [6, 6.07) is 12.8. The first-order valence-electron chi connectivity index (χ1n) is 9.12. The highest BCUT2D eigenvalue weighted by molar-refractivity contribution is 6.31. The largest absolute Gasteiger partial charge is 0.333 e. The van der Waals surface area contributed by atoms with Gasteiger partial charge in [-0.1, -0.05) is 41.4 Å². The van der Waals surface area contributed by atoms with Gasteiger partial charge in [-0.2, -0.15) is 0 Å². The molecule has 0 saturated carbocycles.